The molecule has 0 aliphatic heterocycles. The summed E-state index contributed by atoms with van der Waals surface area (Å²) in [6, 6.07) is 21.0. The van der Waals surface area contributed by atoms with Crippen LogP contribution in [0.3, 0.4) is 0 Å². The lowest BCUT2D eigenvalue weighted by atomic mass is 10.1. The highest BCUT2D eigenvalue weighted by Gasteiger charge is 2.17. The van der Waals surface area contributed by atoms with Crippen LogP contribution in [0.2, 0.25) is 0 Å². The molecule has 142 valence electrons. The van der Waals surface area contributed by atoms with Gasteiger partial charge in [-0.05, 0) is 42.3 Å². The Morgan fingerprint density at radius 2 is 1.64 bits per heavy atom. The number of nitrogens with zero attached hydrogens (tertiary/aromatic N) is 1. The minimum atomic E-state index is -3.60. The number of rotatable bonds is 5. The van der Waals surface area contributed by atoms with Crippen molar-refractivity contribution >= 4 is 32.1 Å². The van der Waals surface area contributed by atoms with Crippen molar-refractivity contribution < 1.29 is 8.42 Å². The molecule has 4 nitrogen and oxygen atoms in total. The average Bonchev–Trinajstić information content (AvgIpc) is 3.07. The summed E-state index contributed by atoms with van der Waals surface area (Å²) in [5.41, 5.74) is 3.09. The summed E-state index contributed by atoms with van der Waals surface area (Å²) in [7, 11) is -3.60. The Bertz CT molecular complexity index is 1260. The van der Waals surface area contributed by atoms with Crippen molar-refractivity contribution in [3.8, 4) is 10.6 Å². The van der Waals surface area contributed by atoms with Gasteiger partial charge in [-0.2, -0.15) is 0 Å². The van der Waals surface area contributed by atoms with E-state index in [1.807, 2.05) is 68.4 Å². The van der Waals surface area contributed by atoms with E-state index in [4.69, 9.17) is 0 Å². The summed E-state index contributed by atoms with van der Waals surface area (Å²) in [6.07, 6.45) is 0. The van der Waals surface area contributed by atoms with E-state index < -0.39 is 10.0 Å². The maximum absolute atomic E-state index is 12.8. The van der Waals surface area contributed by atoms with Gasteiger partial charge in [0, 0.05) is 17.0 Å². The van der Waals surface area contributed by atoms with Crippen LogP contribution in [0.1, 0.15) is 16.1 Å². The molecule has 0 atom stereocenters. The van der Waals surface area contributed by atoms with Crippen molar-refractivity contribution in [2.24, 2.45) is 0 Å². The van der Waals surface area contributed by atoms with Crippen LogP contribution in [0, 0.1) is 13.8 Å². The summed E-state index contributed by atoms with van der Waals surface area (Å²) in [5, 5.41) is 2.83. The molecule has 4 aromatic rings. The number of aryl methyl sites for hydroxylation is 2. The van der Waals surface area contributed by atoms with Crippen molar-refractivity contribution in [3.63, 3.8) is 0 Å². The van der Waals surface area contributed by atoms with Crippen LogP contribution in [0.4, 0.5) is 0 Å². The number of aromatic nitrogens is 1. The lowest BCUT2D eigenvalue weighted by molar-refractivity contribution is 0.582. The molecule has 1 N–H and O–H groups in total. The van der Waals surface area contributed by atoms with Gasteiger partial charge in [0.1, 0.15) is 5.01 Å². The van der Waals surface area contributed by atoms with E-state index in [9.17, 15) is 8.42 Å². The molecule has 0 fully saturated rings. The molecule has 0 bridgehead atoms. The Hall–Kier alpha value is -2.54. The highest BCUT2D eigenvalue weighted by molar-refractivity contribution is 7.89. The zero-order valence-electron chi connectivity index (χ0n) is 15.6. The second-order valence-corrected chi connectivity index (χ2v) is 9.53. The van der Waals surface area contributed by atoms with E-state index in [0.717, 1.165) is 37.5 Å². The summed E-state index contributed by atoms with van der Waals surface area (Å²) >= 11 is 1.53. The van der Waals surface area contributed by atoms with Gasteiger partial charge in [-0.15, -0.1) is 11.3 Å². The van der Waals surface area contributed by atoms with Gasteiger partial charge in [0.05, 0.1) is 10.6 Å². The normalized spacial score (nSPS) is 11.8. The van der Waals surface area contributed by atoms with Gasteiger partial charge in [-0.1, -0.05) is 54.6 Å². The molecule has 1 aromatic heterocycles. The molecular formula is C22H20N2O2S2. The van der Waals surface area contributed by atoms with Crippen LogP contribution in [0.25, 0.3) is 21.3 Å². The molecule has 1 heterocycles. The Balaban J connectivity index is 1.57. The molecule has 0 aliphatic carbocycles. The number of nitrogens with one attached hydrogen (secondary N) is 1. The van der Waals surface area contributed by atoms with Crippen molar-refractivity contribution in [1.29, 1.82) is 0 Å². The molecule has 0 saturated carbocycles. The second-order valence-electron chi connectivity index (χ2n) is 6.68. The standard InChI is InChI=1S/C22H20N2O2S2/c1-15-7-3-6-10-20(15)22-24-16(2)21(27-22)14-23-28(25,26)19-12-11-17-8-4-5-9-18(17)13-19/h3-13,23H,14H2,1-2H3. The fourth-order valence-corrected chi connectivity index (χ4v) is 5.31. The molecule has 0 unspecified atom stereocenters. The third-order valence-corrected chi connectivity index (χ3v) is 7.31. The predicted octanol–water partition coefficient (Wildman–Crippen LogP) is 5.06. The molecule has 28 heavy (non-hydrogen) atoms. The van der Waals surface area contributed by atoms with Gasteiger partial charge in [-0.3, -0.25) is 0 Å². The highest BCUT2D eigenvalue weighted by Crippen LogP contribution is 2.30. The first-order chi connectivity index (χ1) is 13.4. The maximum atomic E-state index is 12.8. The van der Waals surface area contributed by atoms with Crippen LogP contribution in [-0.2, 0) is 16.6 Å². The summed E-state index contributed by atoms with van der Waals surface area (Å²) < 4.78 is 28.2. The Morgan fingerprint density at radius 1 is 0.929 bits per heavy atom. The van der Waals surface area contributed by atoms with Gasteiger partial charge in [0.2, 0.25) is 10.0 Å². The van der Waals surface area contributed by atoms with E-state index in [1.54, 1.807) is 12.1 Å². The SMILES string of the molecule is Cc1ccccc1-c1nc(C)c(CNS(=O)(=O)c2ccc3ccccc3c2)s1. The fourth-order valence-electron chi connectivity index (χ4n) is 3.10. The van der Waals surface area contributed by atoms with Crippen LogP contribution in [-0.4, -0.2) is 13.4 Å². The number of thiazole rings is 1. The monoisotopic (exact) mass is 408 g/mol. The molecule has 6 heteroatoms. The Labute approximate surface area is 168 Å². The van der Waals surface area contributed by atoms with E-state index in [-0.39, 0.29) is 11.4 Å². The summed E-state index contributed by atoms with van der Waals surface area (Å²) in [5.74, 6) is 0. The number of benzene rings is 3. The summed E-state index contributed by atoms with van der Waals surface area (Å²) in [6.45, 7) is 4.19. The quantitative estimate of drug-likeness (QED) is 0.502. The average molecular weight is 409 g/mol. The van der Waals surface area contributed by atoms with E-state index in [2.05, 4.69) is 9.71 Å². The van der Waals surface area contributed by atoms with Gasteiger partial charge < -0.3 is 0 Å². The van der Waals surface area contributed by atoms with E-state index >= 15 is 0 Å². The van der Waals surface area contributed by atoms with Crippen LogP contribution in [0.5, 0.6) is 0 Å². The second kappa shape index (κ2) is 7.47. The zero-order valence-corrected chi connectivity index (χ0v) is 17.3. The number of hydrogen-bond acceptors (Lipinski definition) is 4. The van der Waals surface area contributed by atoms with E-state index in [0.29, 0.717) is 0 Å². The number of sulfonamides is 1. The van der Waals surface area contributed by atoms with Crippen molar-refractivity contribution in [3.05, 3.63) is 82.9 Å². The molecule has 0 aliphatic rings. The smallest absolute Gasteiger partial charge is 0.240 e. The largest absolute Gasteiger partial charge is 0.241 e. The summed E-state index contributed by atoms with van der Waals surface area (Å²) in [4.78, 5) is 5.83. The Morgan fingerprint density at radius 3 is 2.43 bits per heavy atom. The highest BCUT2D eigenvalue weighted by atomic mass is 32.2. The molecule has 0 radical (unpaired) electrons. The molecule has 4 rings (SSSR count). The molecular weight excluding hydrogens is 388 g/mol. The fraction of sp³-hybridized carbons (Fsp3) is 0.136. The van der Waals surface area contributed by atoms with Crippen LogP contribution in [0.15, 0.2) is 71.6 Å². The van der Waals surface area contributed by atoms with Gasteiger partial charge in [0.25, 0.3) is 0 Å². The van der Waals surface area contributed by atoms with E-state index in [1.165, 1.54) is 11.3 Å². The van der Waals surface area contributed by atoms with Crippen molar-refractivity contribution in [2.75, 3.05) is 0 Å². The van der Waals surface area contributed by atoms with Crippen molar-refractivity contribution in [2.45, 2.75) is 25.3 Å². The van der Waals surface area contributed by atoms with Crippen molar-refractivity contribution in [1.82, 2.24) is 9.71 Å². The third-order valence-electron chi connectivity index (χ3n) is 4.72. The first-order valence-corrected chi connectivity index (χ1v) is 11.2. The van der Waals surface area contributed by atoms with Crippen LogP contribution < -0.4 is 4.72 Å². The third kappa shape index (κ3) is 3.71. The first-order valence-electron chi connectivity index (χ1n) is 8.95. The lowest BCUT2D eigenvalue weighted by Crippen LogP contribution is -2.23. The zero-order chi connectivity index (χ0) is 19.7. The predicted molar refractivity (Wildman–Crippen MR) is 115 cm³/mol. The minimum absolute atomic E-state index is 0.227. The minimum Gasteiger partial charge on any atom is -0.241 e. The maximum Gasteiger partial charge on any atom is 0.240 e. The number of fused-ring (bicyclic) bond motifs is 1. The molecule has 0 spiro atoms. The van der Waals surface area contributed by atoms with Gasteiger partial charge >= 0.3 is 0 Å². The van der Waals surface area contributed by atoms with Gasteiger partial charge in [-0.25, -0.2) is 18.1 Å². The topological polar surface area (TPSA) is 59.1 Å². The Kier molecular flexibility index (Phi) is 5.02. The van der Waals surface area contributed by atoms with Crippen LogP contribution >= 0.6 is 11.3 Å². The molecule has 0 saturated heterocycles. The molecule has 0 amide bonds. The first kappa shape index (κ1) is 18.8. The number of hydrogen-bond donors (Lipinski definition) is 1. The van der Waals surface area contributed by atoms with Gasteiger partial charge in [0.15, 0.2) is 0 Å². The molecule has 3 aromatic carbocycles. The lowest BCUT2D eigenvalue weighted by Gasteiger charge is -2.07.